The summed E-state index contributed by atoms with van der Waals surface area (Å²) in [7, 11) is 0. The molecule has 0 atom stereocenters. The van der Waals surface area contributed by atoms with Crippen molar-refractivity contribution in [2.45, 2.75) is 27.4 Å². The fourth-order valence-electron chi connectivity index (χ4n) is 2.03. The molecule has 3 heteroatoms. The van der Waals surface area contributed by atoms with E-state index in [1.807, 2.05) is 12.1 Å². The van der Waals surface area contributed by atoms with Gasteiger partial charge in [0.15, 0.2) is 0 Å². The maximum atomic E-state index is 5.87. The summed E-state index contributed by atoms with van der Waals surface area (Å²) in [5.41, 5.74) is 4.53. The number of hydrogen-bond acceptors (Lipinski definition) is 2. The molecule has 0 aliphatic carbocycles. The number of hydrogen-bond donors (Lipinski definition) is 0. The second-order valence-electron chi connectivity index (χ2n) is 4.48. The van der Waals surface area contributed by atoms with Crippen LogP contribution in [-0.4, -0.2) is 4.98 Å². The van der Waals surface area contributed by atoms with Crippen LogP contribution in [-0.2, 0) is 6.61 Å². The fraction of sp³-hybridized carbons (Fsp3) is 0.267. The van der Waals surface area contributed by atoms with Crippen LogP contribution in [0.15, 0.2) is 34.9 Å². The molecule has 1 heterocycles. The Morgan fingerprint density at radius 3 is 2.33 bits per heavy atom. The molecule has 1 aromatic heterocycles. The van der Waals surface area contributed by atoms with Crippen LogP contribution in [0.5, 0.6) is 5.75 Å². The summed E-state index contributed by atoms with van der Waals surface area (Å²) in [5.74, 6) is 0.963. The van der Waals surface area contributed by atoms with Gasteiger partial charge in [0.2, 0.25) is 0 Å². The van der Waals surface area contributed by atoms with Gasteiger partial charge in [-0.3, -0.25) is 4.98 Å². The molecule has 0 bridgehead atoms. The zero-order chi connectivity index (χ0) is 13.1. The summed E-state index contributed by atoms with van der Waals surface area (Å²) in [4.78, 5) is 4.30. The van der Waals surface area contributed by atoms with E-state index < -0.39 is 0 Å². The van der Waals surface area contributed by atoms with Gasteiger partial charge in [0, 0.05) is 10.7 Å². The molecule has 0 unspecified atom stereocenters. The maximum Gasteiger partial charge on any atom is 0.130 e. The summed E-state index contributed by atoms with van der Waals surface area (Å²) in [5, 5.41) is 0. The van der Waals surface area contributed by atoms with Crippen molar-refractivity contribution in [1.29, 1.82) is 0 Å². The third-order valence-corrected chi connectivity index (χ3v) is 3.23. The van der Waals surface area contributed by atoms with Crippen LogP contribution >= 0.6 is 15.9 Å². The van der Waals surface area contributed by atoms with Gasteiger partial charge in [-0.25, -0.2) is 0 Å². The van der Waals surface area contributed by atoms with E-state index in [1.54, 1.807) is 6.20 Å². The first-order valence-corrected chi connectivity index (χ1v) is 6.66. The van der Waals surface area contributed by atoms with E-state index >= 15 is 0 Å². The summed E-state index contributed by atoms with van der Waals surface area (Å²) in [6.45, 7) is 6.74. The second kappa shape index (κ2) is 5.53. The lowest BCUT2D eigenvalue weighted by molar-refractivity contribution is 0.297. The minimum atomic E-state index is 0.498. The van der Waals surface area contributed by atoms with Crippen molar-refractivity contribution in [3.63, 3.8) is 0 Å². The van der Waals surface area contributed by atoms with E-state index in [4.69, 9.17) is 4.74 Å². The molecule has 0 radical (unpaired) electrons. The van der Waals surface area contributed by atoms with Crippen LogP contribution in [0.4, 0.5) is 0 Å². The van der Waals surface area contributed by atoms with Gasteiger partial charge < -0.3 is 4.74 Å². The summed E-state index contributed by atoms with van der Waals surface area (Å²) in [6.07, 6.45) is 1.79. The number of halogens is 1. The van der Waals surface area contributed by atoms with Gasteiger partial charge in [0.25, 0.3) is 0 Å². The van der Waals surface area contributed by atoms with Gasteiger partial charge in [0.05, 0.1) is 5.69 Å². The van der Waals surface area contributed by atoms with Gasteiger partial charge in [-0.05, 0) is 60.0 Å². The number of nitrogens with zero attached hydrogens (tertiary/aromatic N) is 1. The Bertz CT molecular complexity index is 526. The third-order valence-electron chi connectivity index (χ3n) is 2.76. The monoisotopic (exact) mass is 305 g/mol. The van der Waals surface area contributed by atoms with Crippen molar-refractivity contribution in [2.75, 3.05) is 0 Å². The summed E-state index contributed by atoms with van der Waals surface area (Å²) in [6, 6.07) is 8.21. The van der Waals surface area contributed by atoms with E-state index in [1.165, 1.54) is 16.7 Å². The van der Waals surface area contributed by atoms with Crippen molar-refractivity contribution in [3.8, 4) is 5.75 Å². The Hall–Kier alpha value is -1.35. The average molecular weight is 306 g/mol. The van der Waals surface area contributed by atoms with Gasteiger partial charge >= 0.3 is 0 Å². The zero-order valence-corrected chi connectivity index (χ0v) is 12.4. The first kappa shape index (κ1) is 13.1. The highest BCUT2D eigenvalue weighted by molar-refractivity contribution is 9.10. The molecule has 0 spiro atoms. The molecule has 2 aromatic rings. The topological polar surface area (TPSA) is 22.1 Å². The number of ether oxygens (including phenoxy) is 1. The second-order valence-corrected chi connectivity index (χ2v) is 5.40. The van der Waals surface area contributed by atoms with Gasteiger partial charge in [-0.2, -0.15) is 0 Å². The molecule has 1 aromatic carbocycles. The quantitative estimate of drug-likeness (QED) is 0.841. The lowest BCUT2D eigenvalue weighted by atomic mass is 10.1. The Labute approximate surface area is 116 Å². The van der Waals surface area contributed by atoms with Crippen molar-refractivity contribution >= 4 is 15.9 Å². The third kappa shape index (κ3) is 3.10. The van der Waals surface area contributed by atoms with Crippen LogP contribution in [0.2, 0.25) is 0 Å². The van der Waals surface area contributed by atoms with Crippen molar-refractivity contribution in [1.82, 2.24) is 4.98 Å². The number of aryl methyl sites for hydroxylation is 3. The van der Waals surface area contributed by atoms with Crippen LogP contribution < -0.4 is 4.74 Å². The van der Waals surface area contributed by atoms with Gasteiger partial charge in [-0.1, -0.05) is 17.7 Å². The Morgan fingerprint density at radius 2 is 1.78 bits per heavy atom. The SMILES string of the molecule is Cc1cc(C)c(OCc2ccc(Br)cn2)c(C)c1. The lowest BCUT2D eigenvalue weighted by Gasteiger charge is -2.12. The predicted molar refractivity (Wildman–Crippen MR) is 76.9 cm³/mol. The predicted octanol–water partition coefficient (Wildman–Crippen LogP) is 4.35. The molecule has 0 saturated carbocycles. The summed E-state index contributed by atoms with van der Waals surface area (Å²) >= 11 is 3.37. The lowest BCUT2D eigenvalue weighted by Crippen LogP contribution is -2.01. The standard InChI is InChI=1S/C15H16BrNO/c1-10-6-11(2)15(12(3)7-10)18-9-14-5-4-13(16)8-17-14/h4-8H,9H2,1-3H3. The van der Waals surface area contributed by atoms with E-state index in [0.717, 1.165) is 15.9 Å². The molecular formula is C15H16BrNO. The molecule has 0 aliphatic heterocycles. The fourth-order valence-corrected chi connectivity index (χ4v) is 2.27. The Morgan fingerprint density at radius 1 is 1.11 bits per heavy atom. The molecule has 94 valence electrons. The van der Waals surface area contributed by atoms with Crippen LogP contribution in [0.25, 0.3) is 0 Å². The molecule has 0 saturated heterocycles. The van der Waals surface area contributed by atoms with Gasteiger partial charge in [-0.15, -0.1) is 0 Å². The van der Waals surface area contributed by atoms with E-state index in [0.29, 0.717) is 6.61 Å². The van der Waals surface area contributed by atoms with Crippen LogP contribution in [0.3, 0.4) is 0 Å². The molecule has 18 heavy (non-hydrogen) atoms. The molecule has 2 rings (SSSR count). The smallest absolute Gasteiger partial charge is 0.130 e. The molecule has 0 N–H and O–H groups in total. The van der Waals surface area contributed by atoms with Crippen molar-refractivity contribution in [3.05, 3.63) is 57.3 Å². The molecule has 0 fully saturated rings. The number of aromatic nitrogens is 1. The van der Waals surface area contributed by atoms with E-state index in [9.17, 15) is 0 Å². The first-order chi connectivity index (χ1) is 8.56. The van der Waals surface area contributed by atoms with E-state index in [-0.39, 0.29) is 0 Å². The minimum absolute atomic E-state index is 0.498. The van der Waals surface area contributed by atoms with Crippen LogP contribution in [0.1, 0.15) is 22.4 Å². The van der Waals surface area contributed by atoms with Gasteiger partial charge in [0.1, 0.15) is 12.4 Å². The number of rotatable bonds is 3. The van der Waals surface area contributed by atoms with Crippen molar-refractivity contribution < 1.29 is 4.74 Å². The normalized spacial score (nSPS) is 10.4. The Balaban J connectivity index is 2.13. The number of benzene rings is 1. The largest absolute Gasteiger partial charge is 0.487 e. The molecule has 0 aliphatic rings. The average Bonchev–Trinajstić information content (AvgIpc) is 2.30. The zero-order valence-electron chi connectivity index (χ0n) is 10.8. The Kier molecular flexibility index (Phi) is 4.02. The van der Waals surface area contributed by atoms with E-state index in [2.05, 4.69) is 53.8 Å². The first-order valence-electron chi connectivity index (χ1n) is 5.87. The summed E-state index contributed by atoms with van der Waals surface area (Å²) < 4.78 is 6.85. The van der Waals surface area contributed by atoms with Crippen molar-refractivity contribution in [2.24, 2.45) is 0 Å². The molecule has 2 nitrogen and oxygen atoms in total. The molecule has 0 amide bonds. The molecular weight excluding hydrogens is 290 g/mol. The minimum Gasteiger partial charge on any atom is -0.487 e. The highest BCUT2D eigenvalue weighted by Crippen LogP contribution is 2.25. The van der Waals surface area contributed by atoms with Crippen LogP contribution in [0, 0.1) is 20.8 Å². The highest BCUT2D eigenvalue weighted by atomic mass is 79.9. The highest BCUT2D eigenvalue weighted by Gasteiger charge is 2.05. The maximum absolute atomic E-state index is 5.87. The number of pyridine rings is 1.